The van der Waals surface area contributed by atoms with Crippen molar-refractivity contribution in [2.24, 2.45) is 17.4 Å². The van der Waals surface area contributed by atoms with Crippen molar-refractivity contribution in [3.63, 3.8) is 0 Å². The quantitative estimate of drug-likeness (QED) is 0.170. The molecule has 9 N–H and O–H groups in total. The Kier molecular flexibility index (Phi) is 11.5. The molecule has 0 aliphatic heterocycles. The number of benzene rings is 1. The molecule has 0 saturated heterocycles. The molecule has 0 saturated carbocycles. The second-order valence-corrected chi connectivity index (χ2v) is 9.46. The van der Waals surface area contributed by atoms with E-state index in [4.69, 9.17) is 11.5 Å². The number of nitrogens with two attached hydrogens (primary N) is 2. The SMILES string of the molecule is CCC(C)C(NC(=O)C(N)CCCCN)C(=O)NC(C)C(=O)NC(Cc1c[nH]c2ccccc12)C(=O)O. The van der Waals surface area contributed by atoms with E-state index in [9.17, 15) is 24.3 Å². The molecule has 3 amide bonds. The van der Waals surface area contributed by atoms with Crippen LogP contribution in [0.2, 0.25) is 0 Å². The topological polar surface area (TPSA) is 192 Å². The molecule has 11 nitrogen and oxygen atoms in total. The number of carbonyl (C=O) groups is 4. The minimum absolute atomic E-state index is 0.0688. The van der Waals surface area contributed by atoms with E-state index in [0.717, 1.165) is 22.9 Å². The molecule has 0 aliphatic rings. The van der Waals surface area contributed by atoms with Crippen LogP contribution in [0.3, 0.4) is 0 Å². The summed E-state index contributed by atoms with van der Waals surface area (Å²) in [6.45, 7) is 5.68. The lowest BCUT2D eigenvalue weighted by Gasteiger charge is -2.27. The summed E-state index contributed by atoms with van der Waals surface area (Å²) in [5.74, 6) is -3.04. The molecular formula is C26H40N6O5. The van der Waals surface area contributed by atoms with E-state index in [-0.39, 0.29) is 12.3 Å². The second-order valence-electron chi connectivity index (χ2n) is 9.46. The molecule has 5 atom stereocenters. The number of aromatic nitrogens is 1. The normalized spacial score (nSPS) is 15.3. The molecular weight excluding hydrogens is 476 g/mol. The van der Waals surface area contributed by atoms with Crippen LogP contribution in [0, 0.1) is 5.92 Å². The van der Waals surface area contributed by atoms with Crippen LogP contribution in [0.4, 0.5) is 0 Å². The van der Waals surface area contributed by atoms with Crippen LogP contribution in [0.5, 0.6) is 0 Å². The molecule has 2 rings (SSSR count). The number of carboxylic acid groups (broad SMARTS) is 1. The van der Waals surface area contributed by atoms with Crippen LogP contribution in [0.1, 0.15) is 52.0 Å². The number of hydrogen-bond acceptors (Lipinski definition) is 6. The highest BCUT2D eigenvalue weighted by molar-refractivity contribution is 5.94. The van der Waals surface area contributed by atoms with Gasteiger partial charge in [0.2, 0.25) is 17.7 Å². The van der Waals surface area contributed by atoms with Crippen LogP contribution < -0.4 is 27.4 Å². The number of fused-ring (bicyclic) bond motifs is 1. The third-order valence-electron chi connectivity index (χ3n) is 6.56. The van der Waals surface area contributed by atoms with Gasteiger partial charge in [-0.15, -0.1) is 0 Å². The molecule has 204 valence electrons. The van der Waals surface area contributed by atoms with Gasteiger partial charge in [0, 0.05) is 23.5 Å². The Bertz CT molecular complexity index is 1070. The molecule has 1 aromatic carbocycles. The van der Waals surface area contributed by atoms with Crippen molar-refractivity contribution < 1.29 is 24.3 Å². The Labute approximate surface area is 217 Å². The molecule has 11 heteroatoms. The number of rotatable bonds is 15. The molecule has 1 aromatic heterocycles. The van der Waals surface area contributed by atoms with Crippen molar-refractivity contribution in [2.45, 2.75) is 77.0 Å². The average molecular weight is 517 g/mol. The number of amides is 3. The van der Waals surface area contributed by atoms with Gasteiger partial charge < -0.3 is 37.5 Å². The molecule has 1 heterocycles. The number of H-pyrrole nitrogens is 1. The van der Waals surface area contributed by atoms with Crippen LogP contribution in [0.25, 0.3) is 10.9 Å². The summed E-state index contributed by atoms with van der Waals surface area (Å²) < 4.78 is 0. The van der Waals surface area contributed by atoms with Gasteiger partial charge in [0.25, 0.3) is 0 Å². The highest BCUT2D eigenvalue weighted by Crippen LogP contribution is 2.19. The average Bonchev–Trinajstić information content (AvgIpc) is 3.28. The Hall–Kier alpha value is -3.44. The summed E-state index contributed by atoms with van der Waals surface area (Å²) in [5.41, 5.74) is 13.1. The monoisotopic (exact) mass is 516 g/mol. The molecule has 5 unspecified atom stereocenters. The molecule has 0 radical (unpaired) electrons. The predicted molar refractivity (Wildman–Crippen MR) is 141 cm³/mol. The van der Waals surface area contributed by atoms with Crippen LogP contribution in [-0.2, 0) is 25.6 Å². The summed E-state index contributed by atoms with van der Waals surface area (Å²) in [7, 11) is 0. The zero-order valence-electron chi connectivity index (χ0n) is 21.8. The Morgan fingerprint density at radius 1 is 1.00 bits per heavy atom. The number of carboxylic acids is 1. The molecule has 0 bridgehead atoms. The maximum absolute atomic E-state index is 13.0. The molecule has 37 heavy (non-hydrogen) atoms. The van der Waals surface area contributed by atoms with Crippen molar-refractivity contribution in [1.29, 1.82) is 0 Å². The standard InChI is InChI=1S/C26H40N6O5/c1-4-15(2)22(32-24(34)19(28)10-7-8-12-27)25(35)30-16(3)23(33)31-21(26(36)37)13-17-14-29-20-11-6-5-9-18(17)20/h5-6,9,11,14-16,19,21-22,29H,4,7-8,10,12-13,27-28H2,1-3H3,(H,30,35)(H,31,33)(H,32,34)(H,36,37). The zero-order chi connectivity index (χ0) is 27.5. The van der Waals surface area contributed by atoms with E-state index in [2.05, 4.69) is 20.9 Å². The van der Waals surface area contributed by atoms with Crippen molar-refractivity contribution in [3.05, 3.63) is 36.0 Å². The predicted octanol–water partition coefficient (Wildman–Crippen LogP) is 0.772. The van der Waals surface area contributed by atoms with Gasteiger partial charge in [-0.1, -0.05) is 44.9 Å². The first kappa shape index (κ1) is 29.8. The summed E-state index contributed by atoms with van der Waals surface area (Å²) >= 11 is 0. The van der Waals surface area contributed by atoms with Crippen LogP contribution in [-0.4, -0.2) is 64.5 Å². The van der Waals surface area contributed by atoms with E-state index in [1.165, 1.54) is 6.92 Å². The van der Waals surface area contributed by atoms with Crippen molar-refractivity contribution >= 4 is 34.6 Å². The first-order valence-corrected chi connectivity index (χ1v) is 12.7. The molecule has 0 fully saturated rings. The third kappa shape index (κ3) is 8.57. The number of aliphatic carboxylic acids is 1. The van der Waals surface area contributed by atoms with Gasteiger partial charge in [0.05, 0.1) is 6.04 Å². The van der Waals surface area contributed by atoms with E-state index >= 15 is 0 Å². The summed E-state index contributed by atoms with van der Waals surface area (Å²) in [6.07, 6.45) is 4.29. The third-order valence-corrected chi connectivity index (χ3v) is 6.56. The number of carbonyl (C=O) groups excluding carboxylic acids is 3. The Morgan fingerprint density at radius 2 is 1.70 bits per heavy atom. The fourth-order valence-corrected chi connectivity index (χ4v) is 3.99. The van der Waals surface area contributed by atoms with Gasteiger partial charge in [0.1, 0.15) is 18.1 Å². The van der Waals surface area contributed by atoms with Crippen molar-refractivity contribution in [1.82, 2.24) is 20.9 Å². The first-order valence-electron chi connectivity index (χ1n) is 12.7. The highest BCUT2D eigenvalue weighted by atomic mass is 16.4. The fourth-order valence-electron chi connectivity index (χ4n) is 3.99. The van der Waals surface area contributed by atoms with Gasteiger partial charge in [-0.05, 0) is 43.9 Å². The molecule has 0 spiro atoms. The summed E-state index contributed by atoms with van der Waals surface area (Å²) in [5, 5.41) is 18.4. The Morgan fingerprint density at radius 3 is 2.35 bits per heavy atom. The van der Waals surface area contributed by atoms with Gasteiger partial charge in [0.15, 0.2) is 0 Å². The minimum Gasteiger partial charge on any atom is -0.480 e. The number of aromatic amines is 1. The number of nitrogens with one attached hydrogen (secondary N) is 4. The second kappa shape index (κ2) is 14.3. The fraction of sp³-hybridized carbons (Fsp3) is 0.538. The van der Waals surface area contributed by atoms with Gasteiger partial charge in [-0.3, -0.25) is 14.4 Å². The van der Waals surface area contributed by atoms with Gasteiger partial charge in [-0.2, -0.15) is 0 Å². The lowest BCUT2D eigenvalue weighted by Crippen LogP contribution is -2.58. The van der Waals surface area contributed by atoms with Crippen LogP contribution in [0.15, 0.2) is 30.5 Å². The zero-order valence-corrected chi connectivity index (χ0v) is 21.8. The minimum atomic E-state index is -1.19. The maximum Gasteiger partial charge on any atom is 0.326 e. The molecule has 0 aliphatic carbocycles. The van der Waals surface area contributed by atoms with Crippen molar-refractivity contribution in [3.8, 4) is 0 Å². The number of unbranched alkanes of at least 4 members (excludes halogenated alkanes) is 1. The Balaban J connectivity index is 2.01. The van der Waals surface area contributed by atoms with Gasteiger partial charge >= 0.3 is 5.97 Å². The van der Waals surface area contributed by atoms with Crippen molar-refractivity contribution in [2.75, 3.05) is 6.54 Å². The smallest absolute Gasteiger partial charge is 0.326 e. The lowest BCUT2D eigenvalue weighted by atomic mass is 9.97. The van der Waals surface area contributed by atoms with Gasteiger partial charge in [-0.25, -0.2) is 4.79 Å². The number of hydrogen-bond donors (Lipinski definition) is 7. The highest BCUT2D eigenvalue weighted by Gasteiger charge is 2.31. The number of para-hydroxylation sites is 1. The van der Waals surface area contributed by atoms with Crippen LogP contribution >= 0.6 is 0 Å². The summed E-state index contributed by atoms with van der Waals surface area (Å²) in [6, 6.07) is 3.59. The van der Waals surface area contributed by atoms with E-state index in [1.807, 2.05) is 38.1 Å². The van der Waals surface area contributed by atoms with E-state index in [0.29, 0.717) is 25.8 Å². The van der Waals surface area contributed by atoms with E-state index in [1.54, 1.807) is 6.20 Å². The molecule has 2 aromatic rings. The maximum atomic E-state index is 13.0. The first-order chi connectivity index (χ1) is 17.6. The van der Waals surface area contributed by atoms with E-state index < -0.39 is 47.9 Å². The largest absolute Gasteiger partial charge is 0.480 e. The lowest BCUT2D eigenvalue weighted by molar-refractivity contribution is -0.142. The summed E-state index contributed by atoms with van der Waals surface area (Å²) in [4.78, 5) is 53.4.